The molecule has 0 radical (unpaired) electrons. The number of ether oxygens (including phenoxy) is 1. The van der Waals surface area contributed by atoms with Crippen LogP contribution < -0.4 is 15.8 Å². The molecule has 3 N–H and O–H groups in total. The first-order chi connectivity index (χ1) is 13.7. The Balaban J connectivity index is 2.09. The molecular weight excluding hydrogens is 429 g/mol. The van der Waals surface area contributed by atoms with Crippen LogP contribution >= 0.6 is 10.2 Å². The van der Waals surface area contributed by atoms with Crippen molar-refractivity contribution in [1.29, 1.82) is 5.26 Å². The van der Waals surface area contributed by atoms with Crippen molar-refractivity contribution < 1.29 is 29.0 Å². The number of carbonyl (C=O) groups excluding carboxylic acids is 1. The molecule has 5 nitrogen and oxygen atoms in total. The molecule has 0 spiro atoms. The van der Waals surface area contributed by atoms with Gasteiger partial charge < -0.3 is 15.8 Å². The largest absolute Gasteiger partial charge is 0.492 e. The van der Waals surface area contributed by atoms with E-state index in [0.717, 1.165) is 12.1 Å². The maximum Gasteiger partial charge on any atom is 0.310 e. The Morgan fingerprint density at radius 3 is 2.40 bits per heavy atom. The van der Waals surface area contributed by atoms with E-state index < -0.39 is 21.0 Å². The molecule has 160 valence electrons. The SMILES string of the molecule is C=C(CNc1cc(-c2ccc(S(F)(F)(F)(F)F)cc2)c2c(c1C#N)CCO2)C(N)=O. The molecule has 2 aromatic rings. The van der Waals surface area contributed by atoms with Gasteiger partial charge in [-0.15, -0.1) is 0 Å². The number of amides is 1. The lowest BCUT2D eigenvalue weighted by molar-refractivity contribution is -0.114. The van der Waals surface area contributed by atoms with Crippen molar-refractivity contribution in [2.75, 3.05) is 18.5 Å². The quantitative estimate of drug-likeness (QED) is 0.468. The minimum atomic E-state index is -9.79. The molecule has 0 fully saturated rings. The number of nitrogens with one attached hydrogen (secondary N) is 1. The third kappa shape index (κ3) is 4.18. The second kappa shape index (κ2) is 6.37. The Hall–Kier alpha value is -3.26. The highest BCUT2D eigenvalue weighted by molar-refractivity contribution is 8.45. The Labute approximate surface area is 168 Å². The molecule has 11 heteroatoms. The number of carbonyl (C=O) groups is 1. The predicted octanol–water partition coefficient (Wildman–Crippen LogP) is 5.27. The molecule has 0 aliphatic carbocycles. The van der Waals surface area contributed by atoms with Crippen molar-refractivity contribution in [2.24, 2.45) is 5.73 Å². The maximum absolute atomic E-state index is 13.0. The number of anilines is 1. The Kier molecular flexibility index (Phi) is 4.55. The van der Waals surface area contributed by atoms with Crippen LogP contribution in [0.3, 0.4) is 0 Å². The topological polar surface area (TPSA) is 88.1 Å². The second-order valence-electron chi connectivity index (χ2n) is 6.68. The first kappa shape index (κ1) is 21.4. The van der Waals surface area contributed by atoms with Crippen LogP contribution in [-0.4, -0.2) is 19.1 Å². The van der Waals surface area contributed by atoms with E-state index in [1.54, 1.807) is 0 Å². The monoisotopic (exact) mass is 445 g/mol. The molecule has 0 saturated heterocycles. The molecule has 0 saturated carbocycles. The molecule has 2 aromatic carbocycles. The molecule has 3 rings (SSSR count). The van der Waals surface area contributed by atoms with Crippen LogP contribution in [0.4, 0.5) is 25.1 Å². The first-order valence-corrected chi connectivity index (χ1v) is 10.4. The standard InChI is InChI=1S/C19H16F5N3O2S/c1-11(19(26)28)10-27-17-8-15(18-14(6-7-29-18)16(17)9-25)12-2-4-13(5-3-12)30(20,21,22,23)24/h2-5,8,27H,1,6-7,10H2,(H2,26,28). The minimum Gasteiger partial charge on any atom is -0.492 e. The summed E-state index contributed by atoms with van der Waals surface area (Å²) in [6.07, 6.45) is 0.376. The average Bonchev–Trinajstić information content (AvgIpc) is 3.12. The summed E-state index contributed by atoms with van der Waals surface area (Å²) >= 11 is 0. The van der Waals surface area contributed by atoms with Crippen molar-refractivity contribution in [3.05, 3.63) is 53.6 Å². The second-order valence-corrected chi connectivity index (χ2v) is 9.09. The number of primary amides is 1. The number of benzene rings is 2. The minimum absolute atomic E-state index is 0.0532. The van der Waals surface area contributed by atoms with Crippen LogP contribution in [0.15, 0.2) is 47.4 Å². The Morgan fingerprint density at radius 1 is 1.23 bits per heavy atom. The molecule has 1 amide bonds. The molecule has 1 aliphatic heterocycles. The Morgan fingerprint density at radius 2 is 1.87 bits per heavy atom. The number of nitriles is 1. The molecule has 0 unspecified atom stereocenters. The molecule has 1 aliphatic rings. The molecule has 30 heavy (non-hydrogen) atoms. The summed E-state index contributed by atoms with van der Waals surface area (Å²) in [6.45, 7) is 3.69. The van der Waals surface area contributed by atoms with E-state index in [1.807, 2.05) is 6.07 Å². The maximum atomic E-state index is 13.0. The van der Waals surface area contributed by atoms with Crippen LogP contribution in [-0.2, 0) is 11.2 Å². The van der Waals surface area contributed by atoms with Crippen LogP contribution in [0.2, 0.25) is 0 Å². The van der Waals surface area contributed by atoms with Gasteiger partial charge in [-0.3, -0.25) is 4.79 Å². The van der Waals surface area contributed by atoms with Gasteiger partial charge in [0, 0.05) is 29.7 Å². The lowest BCUT2D eigenvalue weighted by atomic mass is 9.95. The highest BCUT2D eigenvalue weighted by Crippen LogP contribution is 3.02. The van der Waals surface area contributed by atoms with E-state index >= 15 is 0 Å². The van der Waals surface area contributed by atoms with Crippen molar-refractivity contribution in [3.8, 4) is 22.9 Å². The lowest BCUT2D eigenvalue weighted by Gasteiger charge is -2.40. The number of hydrogen-bond donors (Lipinski definition) is 2. The van der Waals surface area contributed by atoms with Gasteiger partial charge in [0.25, 0.3) is 0 Å². The van der Waals surface area contributed by atoms with E-state index in [2.05, 4.69) is 11.9 Å². The normalized spacial score (nSPS) is 15.2. The number of nitrogens with two attached hydrogens (primary N) is 1. The van der Waals surface area contributed by atoms with Gasteiger partial charge in [0.2, 0.25) is 5.91 Å². The van der Waals surface area contributed by atoms with Crippen molar-refractivity contribution in [2.45, 2.75) is 11.3 Å². The molecule has 0 bridgehead atoms. The predicted molar refractivity (Wildman–Crippen MR) is 104 cm³/mol. The zero-order valence-electron chi connectivity index (χ0n) is 15.4. The fourth-order valence-electron chi connectivity index (χ4n) is 3.04. The van der Waals surface area contributed by atoms with E-state index in [0.29, 0.717) is 35.4 Å². The van der Waals surface area contributed by atoms with Crippen molar-refractivity contribution in [3.63, 3.8) is 0 Å². The molecule has 0 atom stereocenters. The number of halogens is 5. The summed E-state index contributed by atoms with van der Waals surface area (Å²) in [5, 5.41) is 12.4. The van der Waals surface area contributed by atoms with E-state index in [9.17, 15) is 29.5 Å². The van der Waals surface area contributed by atoms with E-state index in [4.69, 9.17) is 10.5 Å². The van der Waals surface area contributed by atoms with E-state index in [-0.39, 0.29) is 35.5 Å². The summed E-state index contributed by atoms with van der Waals surface area (Å²) in [4.78, 5) is 9.16. The van der Waals surface area contributed by atoms with Gasteiger partial charge in [-0.05, 0) is 23.8 Å². The van der Waals surface area contributed by atoms with Gasteiger partial charge in [0.15, 0.2) is 0 Å². The zero-order valence-corrected chi connectivity index (χ0v) is 16.2. The van der Waals surface area contributed by atoms with Gasteiger partial charge in [-0.1, -0.05) is 38.1 Å². The number of nitrogens with zero attached hydrogens (tertiary/aromatic N) is 1. The smallest absolute Gasteiger partial charge is 0.310 e. The molecular formula is C19H16F5N3O2S. The Bertz CT molecular complexity index is 1110. The van der Waals surface area contributed by atoms with Gasteiger partial charge in [0.05, 0.1) is 17.9 Å². The number of hydrogen-bond acceptors (Lipinski definition) is 4. The summed E-state index contributed by atoms with van der Waals surface area (Å²) < 4.78 is 70.5. The summed E-state index contributed by atoms with van der Waals surface area (Å²) in [7, 11) is -9.79. The highest BCUT2D eigenvalue weighted by atomic mass is 32.5. The molecule has 0 aromatic heterocycles. The van der Waals surface area contributed by atoms with Crippen LogP contribution in [0.25, 0.3) is 11.1 Å². The zero-order chi connectivity index (χ0) is 22.4. The fraction of sp³-hybridized carbons (Fsp3) is 0.158. The molecule has 1 heterocycles. The van der Waals surface area contributed by atoms with Crippen LogP contribution in [0.1, 0.15) is 11.1 Å². The van der Waals surface area contributed by atoms with Gasteiger partial charge in [-0.25, -0.2) is 0 Å². The first-order valence-electron chi connectivity index (χ1n) is 8.50. The third-order valence-electron chi connectivity index (χ3n) is 4.54. The third-order valence-corrected chi connectivity index (χ3v) is 5.70. The number of fused-ring (bicyclic) bond motifs is 1. The summed E-state index contributed by atoms with van der Waals surface area (Å²) in [6, 6.07) is 5.96. The fourth-order valence-corrected chi connectivity index (χ4v) is 3.69. The van der Waals surface area contributed by atoms with E-state index in [1.165, 1.54) is 6.07 Å². The average molecular weight is 445 g/mol. The van der Waals surface area contributed by atoms with Gasteiger partial charge in [-0.2, -0.15) is 5.26 Å². The van der Waals surface area contributed by atoms with Crippen molar-refractivity contribution in [1.82, 2.24) is 0 Å². The lowest BCUT2D eigenvalue weighted by Crippen LogP contribution is -2.19. The van der Waals surface area contributed by atoms with Crippen molar-refractivity contribution >= 4 is 21.8 Å². The summed E-state index contributed by atoms with van der Waals surface area (Å²) in [5.74, 6) is -0.441. The van der Waals surface area contributed by atoms with Crippen LogP contribution in [0, 0.1) is 11.3 Å². The van der Waals surface area contributed by atoms with Crippen LogP contribution in [0.5, 0.6) is 5.75 Å². The van der Waals surface area contributed by atoms with Gasteiger partial charge in [0.1, 0.15) is 16.7 Å². The number of rotatable bonds is 6. The highest BCUT2D eigenvalue weighted by Gasteiger charge is 2.65. The summed E-state index contributed by atoms with van der Waals surface area (Å²) in [5.41, 5.74) is 6.77. The van der Waals surface area contributed by atoms with Gasteiger partial charge >= 0.3 is 10.2 Å².